The second-order valence-corrected chi connectivity index (χ2v) is 4.46. The number of alkyl halides is 3. The zero-order valence-electron chi connectivity index (χ0n) is 11.9. The van der Waals surface area contributed by atoms with Crippen molar-refractivity contribution in [1.82, 2.24) is 0 Å². The third-order valence-corrected chi connectivity index (χ3v) is 3.00. The third kappa shape index (κ3) is 3.68. The van der Waals surface area contributed by atoms with Gasteiger partial charge >= 0.3 is 12.1 Å². The Balaban J connectivity index is 2.28. The number of rotatable bonds is 4. The summed E-state index contributed by atoms with van der Waals surface area (Å²) >= 11 is 0. The zero-order valence-corrected chi connectivity index (χ0v) is 11.9. The summed E-state index contributed by atoms with van der Waals surface area (Å²) in [6.07, 6.45) is -4.01. The first-order valence-electron chi connectivity index (χ1n) is 6.38. The van der Waals surface area contributed by atoms with Gasteiger partial charge < -0.3 is 9.47 Å². The molecule has 0 N–H and O–H groups in total. The van der Waals surface area contributed by atoms with Crippen LogP contribution in [0.15, 0.2) is 42.5 Å². The number of para-hydroxylation sites is 1. The number of carbonyl (C=O) groups is 2. The van der Waals surface area contributed by atoms with Crippen LogP contribution in [0.3, 0.4) is 0 Å². The van der Waals surface area contributed by atoms with Crippen molar-refractivity contribution in [3.8, 4) is 11.5 Å². The topological polar surface area (TPSA) is 52.6 Å². The van der Waals surface area contributed by atoms with Crippen LogP contribution in [-0.2, 0) is 6.18 Å². The molecule has 0 bridgehead atoms. The lowest BCUT2D eigenvalue weighted by Gasteiger charge is -2.11. The summed E-state index contributed by atoms with van der Waals surface area (Å²) in [6.45, 7) is 0. The van der Waals surface area contributed by atoms with Gasteiger partial charge in [-0.3, -0.25) is 4.79 Å². The smallest absolute Gasteiger partial charge is 0.416 e. The van der Waals surface area contributed by atoms with Crippen molar-refractivity contribution < 1.29 is 32.2 Å². The molecule has 0 atom stereocenters. The Kier molecular flexibility index (Phi) is 4.68. The van der Waals surface area contributed by atoms with E-state index in [0.717, 1.165) is 24.3 Å². The lowest BCUT2D eigenvalue weighted by atomic mass is 10.1. The van der Waals surface area contributed by atoms with Crippen molar-refractivity contribution in [2.45, 2.75) is 6.18 Å². The highest BCUT2D eigenvalue weighted by Gasteiger charge is 2.30. The van der Waals surface area contributed by atoms with E-state index in [1.54, 1.807) is 0 Å². The molecule has 0 radical (unpaired) electrons. The van der Waals surface area contributed by atoms with Crippen LogP contribution in [0, 0.1) is 0 Å². The normalized spacial score (nSPS) is 11.0. The molecule has 0 amide bonds. The molecule has 2 rings (SSSR count). The first kappa shape index (κ1) is 16.5. The Morgan fingerprint density at radius 1 is 1.09 bits per heavy atom. The van der Waals surface area contributed by atoms with E-state index in [4.69, 9.17) is 9.47 Å². The number of methoxy groups -OCH3 is 1. The maximum atomic E-state index is 12.5. The fourth-order valence-electron chi connectivity index (χ4n) is 1.84. The second kappa shape index (κ2) is 6.51. The molecule has 120 valence electrons. The molecule has 0 saturated carbocycles. The van der Waals surface area contributed by atoms with Crippen molar-refractivity contribution >= 4 is 12.3 Å². The van der Waals surface area contributed by atoms with Crippen LogP contribution >= 0.6 is 0 Å². The van der Waals surface area contributed by atoms with Gasteiger partial charge in [0.2, 0.25) is 0 Å². The van der Waals surface area contributed by atoms with Gasteiger partial charge in [-0.15, -0.1) is 0 Å². The van der Waals surface area contributed by atoms with Gasteiger partial charge in [0.05, 0.1) is 23.8 Å². The molecule has 7 heteroatoms. The first-order chi connectivity index (χ1) is 10.9. The van der Waals surface area contributed by atoms with Gasteiger partial charge in [0.1, 0.15) is 0 Å². The van der Waals surface area contributed by atoms with Crippen molar-refractivity contribution in [1.29, 1.82) is 0 Å². The van der Waals surface area contributed by atoms with E-state index in [2.05, 4.69) is 0 Å². The molecule has 2 aromatic carbocycles. The SMILES string of the molecule is COc1cccc(C=O)c1OC(=O)c1ccc(C(F)(F)F)cc1. The predicted octanol–water partition coefficient (Wildman–Crippen LogP) is 3.75. The van der Waals surface area contributed by atoms with E-state index >= 15 is 0 Å². The zero-order chi connectivity index (χ0) is 17.0. The molecule has 0 aliphatic heterocycles. The van der Waals surface area contributed by atoms with Gasteiger partial charge in [-0.1, -0.05) is 6.07 Å². The van der Waals surface area contributed by atoms with E-state index < -0.39 is 17.7 Å². The molecule has 0 aromatic heterocycles. The fraction of sp³-hybridized carbons (Fsp3) is 0.125. The van der Waals surface area contributed by atoms with Crippen molar-refractivity contribution in [2.75, 3.05) is 7.11 Å². The maximum Gasteiger partial charge on any atom is 0.416 e. The monoisotopic (exact) mass is 324 g/mol. The van der Waals surface area contributed by atoms with Gasteiger partial charge in [0, 0.05) is 0 Å². The number of ether oxygens (including phenoxy) is 2. The second-order valence-electron chi connectivity index (χ2n) is 4.46. The number of carbonyl (C=O) groups excluding carboxylic acids is 2. The van der Waals surface area contributed by atoms with Crippen LogP contribution in [-0.4, -0.2) is 19.4 Å². The molecule has 0 fully saturated rings. The molecule has 0 unspecified atom stereocenters. The summed E-state index contributed by atoms with van der Waals surface area (Å²) in [4.78, 5) is 23.0. The van der Waals surface area contributed by atoms with Gasteiger partial charge in [-0.2, -0.15) is 13.2 Å². The number of benzene rings is 2. The van der Waals surface area contributed by atoms with Crippen molar-refractivity contribution in [2.24, 2.45) is 0 Å². The number of esters is 1. The van der Waals surface area contributed by atoms with Gasteiger partial charge in [0.15, 0.2) is 17.8 Å². The minimum absolute atomic E-state index is 0.0826. The van der Waals surface area contributed by atoms with E-state index in [-0.39, 0.29) is 22.6 Å². The Hall–Kier alpha value is -2.83. The van der Waals surface area contributed by atoms with Crippen LogP contribution in [0.1, 0.15) is 26.3 Å². The molecule has 2 aromatic rings. The van der Waals surface area contributed by atoms with Gasteiger partial charge in [0.25, 0.3) is 0 Å². The number of aldehydes is 1. The largest absolute Gasteiger partial charge is 0.493 e. The summed E-state index contributed by atoms with van der Waals surface area (Å²) in [5.74, 6) is -0.823. The fourth-order valence-corrected chi connectivity index (χ4v) is 1.84. The summed E-state index contributed by atoms with van der Waals surface area (Å²) in [5.41, 5.74) is -0.870. The average Bonchev–Trinajstić information content (AvgIpc) is 2.54. The standard InChI is InChI=1S/C16H11F3O4/c1-22-13-4-2-3-11(9-20)14(13)23-15(21)10-5-7-12(8-6-10)16(17,18)19/h2-9H,1H3. The van der Waals surface area contributed by atoms with E-state index in [1.165, 1.54) is 25.3 Å². The molecule has 0 heterocycles. The molecular weight excluding hydrogens is 313 g/mol. The molecule has 0 aliphatic rings. The maximum absolute atomic E-state index is 12.5. The van der Waals surface area contributed by atoms with Crippen LogP contribution < -0.4 is 9.47 Å². The van der Waals surface area contributed by atoms with Crippen LogP contribution in [0.4, 0.5) is 13.2 Å². The highest BCUT2D eigenvalue weighted by Crippen LogP contribution is 2.32. The first-order valence-corrected chi connectivity index (χ1v) is 6.38. The highest BCUT2D eigenvalue weighted by atomic mass is 19.4. The Bertz CT molecular complexity index is 721. The number of hydrogen-bond acceptors (Lipinski definition) is 4. The Morgan fingerprint density at radius 2 is 1.74 bits per heavy atom. The Morgan fingerprint density at radius 3 is 2.26 bits per heavy atom. The highest BCUT2D eigenvalue weighted by molar-refractivity contribution is 5.93. The quantitative estimate of drug-likeness (QED) is 0.488. The van der Waals surface area contributed by atoms with Crippen molar-refractivity contribution in [3.05, 3.63) is 59.2 Å². The van der Waals surface area contributed by atoms with E-state index in [0.29, 0.717) is 6.29 Å². The minimum Gasteiger partial charge on any atom is -0.493 e. The molecule has 0 spiro atoms. The molecule has 4 nitrogen and oxygen atoms in total. The molecule has 23 heavy (non-hydrogen) atoms. The molecular formula is C16H11F3O4. The number of hydrogen-bond donors (Lipinski definition) is 0. The van der Waals surface area contributed by atoms with Crippen LogP contribution in [0.5, 0.6) is 11.5 Å². The summed E-state index contributed by atoms with van der Waals surface area (Å²) in [6, 6.07) is 8.01. The lowest BCUT2D eigenvalue weighted by Crippen LogP contribution is -2.12. The minimum atomic E-state index is -4.49. The van der Waals surface area contributed by atoms with Gasteiger partial charge in [-0.05, 0) is 36.4 Å². The molecule has 0 saturated heterocycles. The third-order valence-electron chi connectivity index (χ3n) is 3.00. The van der Waals surface area contributed by atoms with E-state index in [9.17, 15) is 22.8 Å². The molecule has 0 aliphatic carbocycles. The van der Waals surface area contributed by atoms with Crippen LogP contribution in [0.25, 0.3) is 0 Å². The van der Waals surface area contributed by atoms with E-state index in [1.807, 2.05) is 0 Å². The van der Waals surface area contributed by atoms with Crippen LogP contribution in [0.2, 0.25) is 0 Å². The predicted molar refractivity (Wildman–Crippen MR) is 74.8 cm³/mol. The summed E-state index contributed by atoms with van der Waals surface area (Å²) < 4.78 is 47.6. The lowest BCUT2D eigenvalue weighted by molar-refractivity contribution is -0.137. The summed E-state index contributed by atoms with van der Waals surface area (Å²) in [5, 5.41) is 0. The average molecular weight is 324 g/mol. The summed E-state index contributed by atoms with van der Waals surface area (Å²) in [7, 11) is 1.33. The number of halogens is 3. The van der Waals surface area contributed by atoms with Gasteiger partial charge in [-0.25, -0.2) is 4.79 Å². The van der Waals surface area contributed by atoms with Crippen molar-refractivity contribution in [3.63, 3.8) is 0 Å². The Labute approximate surface area is 129 Å².